The summed E-state index contributed by atoms with van der Waals surface area (Å²) in [6.07, 6.45) is 1.90. The van der Waals surface area contributed by atoms with E-state index in [1.165, 1.54) is 16.0 Å². The van der Waals surface area contributed by atoms with Crippen molar-refractivity contribution in [1.29, 1.82) is 0 Å². The standard InChI is InChI=1S/C15H19NOS/c1-3-12-7-8-18-15(12)14(16)10-11-5-4-6-13(9-11)17-2/h4-9,14H,3,10,16H2,1-2H3. The zero-order valence-electron chi connectivity index (χ0n) is 10.8. The molecule has 2 rings (SSSR count). The molecule has 1 atom stereocenters. The molecule has 0 saturated carbocycles. The second-order valence-electron chi connectivity index (χ2n) is 4.33. The van der Waals surface area contributed by atoms with Crippen LogP contribution in [0.4, 0.5) is 0 Å². The summed E-state index contributed by atoms with van der Waals surface area (Å²) in [4.78, 5) is 1.31. The maximum atomic E-state index is 6.31. The first-order chi connectivity index (χ1) is 8.74. The van der Waals surface area contributed by atoms with Gasteiger partial charge in [-0.25, -0.2) is 0 Å². The molecule has 1 aromatic heterocycles. The lowest BCUT2D eigenvalue weighted by Gasteiger charge is -2.12. The molecule has 0 radical (unpaired) electrons. The Bertz CT molecular complexity index is 507. The van der Waals surface area contributed by atoms with Crippen molar-refractivity contribution in [1.82, 2.24) is 0 Å². The Balaban J connectivity index is 2.13. The first kappa shape index (κ1) is 13.1. The Hall–Kier alpha value is -1.32. The van der Waals surface area contributed by atoms with E-state index in [4.69, 9.17) is 10.5 Å². The van der Waals surface area contributed by atoms with E-state index in [2.05, 4.69) is 30.5 Å². The van der Waals surface area contributed by atoms with Crippen LogP contribution in [0.25, 0.3) is 0 Å². The molecule has 0 aliphatic heterocycles. The normalized spacial score (nSPS) is 12.4. The highest BCUT2D eigenvalue weighted by Crippen LogP contribution is 2.26. The highest BCUT2D eigenvalue weighted by Gasteiger charge is 2.12. The van der Waals surface area contributed by atoms with Crippen LogP contribution >= 0.6 is 11.3 Å². The molecule has 3 heteroatoms. The summed E-state index contributed by atoms with van der Waals surface area (Å²) < 4.78 is 5.23. The van der Waals surface area contributed by atoms with Crippen molar-refractivity contribution in [2.45, 2.75) is 25.8 Å². The smallest absolute Gasteiger partial charge is 0.119 e. The van der Waals surface area contributed by atoms with Crippen molar-refractivity contribution in [3.05, 3.63) is 51.7 Å². The van der Waals surface area contributed by atoms with Crippen LogP contribution in [0.5, 0.6) is 5.75 Å². The van der Waals surface area contributed by atoms with E-state index < -0.39 is 0 Å². The first-order valence-electron chi connectivity index (χ1n) is 6.19. The fourth-order valence-electron chi connectivity index (χ4n) is 2.11. The Labute approximate surface area is 112 Å². The lowest BCUT2D eigenvalue weighted by Crippen LogP contribution is -2.13. The number of hydrogen-bond acceptors (Lipinski definition) is 3. The predicted molar refractivity (Wildman–Crippen MR) is 77.3 cm³/mol. The van der Waals surface area contributed by atoms with Gasteiger partial charge in [-0.2, -0.15) is 0 Å². The van der Waals surface area contributed by atoms with Crippen LogP contribution < -0.4 is 10.5 Å². The molecule has 0 amide bonds. The Morgan fingerprint density at radius 3 is 2.89 bits per heavy atom. The SMILES string of the molecule is CCc1ccsc1C(N)Cc1cccc(OC)c1. The summed E-state index contributed by atoms with van der Waals surface area (Å²) in [6, 6.07) is 10.4. The van der Waals surface area contributed by atoms with Gasteiger partial charge in [0.05, 0.1) is 7.11 Å². The summed E-state index contributed by atoms with van der Waals surface area (Å²) in [5.41, 5.74) is 8.90. The average Bonchev–Trinajstić information content (AvgIpc) is 2.87. The molecule has 0 bridgehead atoms. The molecule has 0 spiro atoms. The molecule has 2 N–H and O–H groups in total. The largest absolute Gasteiger partial charge is 0.497 e. The predicted octanol–water partition coefficient (Wildman–Crippen LogP) is 3.56. The molecule has 1 aromatic carbocycles. The summed E-state index contributed by atoms with van der Waals surface area (Å²) in [5, 5.41) is 2.12. The Morgan fingerprint density at radius 1 is 1.33 bits per heavy atom. The third kappa shape index (κ3) is 2.92. The van der Waals surface area contributed by atoms with Gasteiger partial charge in [-0.05, 0) is 47.5 Å². The van der Waals surface area contributed by atoms with E-state index in [-0.39, 0.29) is 6.04 Å². The van der Waals surface area contributed by atoms with Crippen LogP contribution in [0.1, 0.15) is 29.0 Å². The number of hydrogen-bond donors (Lipinski definition) is 1. The van der Waals surface area contributed by atoms with Gasteiger partial charge in [0.15, 0.2) is 0 Å². The lowest BCUT2D eigenvalue weighted by molar-refractivity contribution is 0.414. The molecular formula is C15H19NOS. The number of benzene rings is 1. The van der Waals surface area contributed by atoms with Gasteiger partial charge in [0.1, 0.15) is 5.75 Å². The van der Waals surface area contributed by atoms with Gasteiger partial charge in [-0.3, -0.25) is 0 Å². The van der Waals surface area contributed by atoms with Crippen molar-refractivity contribution in [3.63, 3.8) is 0 Å². The van der Waals surface area contributed by atoms with Gasteiger partial charge in [0, 0.05) is 10.9 Å². The minimum atomic E-state index is 0.0760. The van der Waals surface area contributed by atoms with Crippen LogP contribution in [0.3, 0.4) is 0 Å². The van der Waals surface area contributed by atoms with E-state index in [1.807, 2.05) is 12.1 Å². The molecular weight excluding hydrogens is 242 g/mol. The molecule has 0 aliphatic carbocycles. The van der Waals surface area contributed by atoms with Crippen molar-refractivity contribution < 1.29 is 4.74 Å². The molecule has 0 saturated heterocycles. The van der Waals surface area contributed by atoms with Crippen LogP contribution in [-0.4, -0.2) is 7.11 Å². The number of thiophene rings is 1. The first-order valence-corrected chi connectivity index (χ1v) is 7.07. The molecule has 1 unspecified atom stereocenters. The van der Waals surface area contributed by atoms with E-state index in [0.717, 1.165) is 18.6 Å². The van der Waals surface area contributed by atoms with Gasteiger partial charge in [0.25, 0.3) is 0 Å². The van der Waals surface area contributed by atoms with Crippen LogP contribution in [0.2, 0.25) is 0 Å². The third-order valence-corrected chi connectivity index (χ3v) is 4.18. The van der Waals surface area contributed by atoms with Gasteiger partial charge in [-0.15, -0.1) is 11.3 Å². The number of aryl methyl sites for hydroxylation is 1. The second-order valence-corrected chi connectivity index (χ2v) is 5.27. The molecule has 18 heavy (non-hydrogen) atoms. The van der Waals surface area contributed by atoms with E-state index in [1.54, 1.807) is 18.4 Å². The summed E-state index contributed by atoms with van der Waals surface area (Å²) in [7, 11) is 1.69. The molecule has 2 nitrogen and oxygen atoms in total. The van der Waals surface area contributed by atoms with E-state index >= 15 is 0 Å². The number of rotatable bonds is 5. The van der Waals surface area contributed by atoms with Crippen molar-refractivity contribution >= 4 is 11.3 Å². The summed E-state index contributed by atoms with van der Waals surface area (Å²) in [5.74, 6) is 0.890. The highest BCUT2D eigenvalue weighted by atomic mass is 32.1. The number of ether oxygens (including phenoxy) is 1. The molecule has 0 fully saturated rings. The fourth-order valence-corrected chi connectivity index (χ4v) is 3.11. The Kier molecular flexibility index (Phi) is 4.39. The van der Waals surface area contributed by atoms with Crippen LogP contribution in [-0.2, 0) is 12.8 Å². The van der Waals surface area contributed by atoms with Crippen LogP contribution in [0.15, 0.2) is 35.7 Å². The third-order valence-electron chi connectivity index (χ3n) is 3.09. The summed E-state index contributed by atoms with van der Waals surface area (Å²) >= 11 is 1.76. The molecule has 1 heterocycles. The van der Waals surface area contributed by atoms with E-state index in [0.29, 0.717) is 0 Å². The monoisotopic (exact) mass is 261 g/mol. The number of methoxy groups -OCH3 is 1. The Morgan fingerprint density at radius 2 is 2.17 bits per heavy atom. The zero-order chi connectivity index (χ0) is 13.0. The van der Waals surface area contributed by atoms with Crippen molar-refractivity contribution in [3.8, 4) is 5.75 Å². The maximum absolute atomic E-state index is 6.31. The van der Waals surface area contributed by atoms with Gasteiger partial charge in [0.2, 0.25) is 0 Å². The minimum Gasteiger partial charge on any atom is -0.497 e. The van der Waals surface area contributed by atoms with Gasteiger partial charge < -0.3 is 10.5 Å². The average molecular weight is 261 g/mol. The minimum absolute atomic E-state index is 0.0760. The topological polar surface area (TPSA) is 35.2 Å². The number of nitrogens with two attached hydrogens (primary N) is 1. The maximum Gasteiger partial charge on any atom is 0.119 e. The van der Waals surface area contributed by atoms with E-state index in [9.17, 15) is 0 Å². The van der Waals surface area contributed by atoms with Gasteiger partial charge >= 0.3 is 0 Å². The fraction of sp³-hybridized carbons (Fsp3) is 0.333. The highest BCUT2D eigenvalue weighted by molar-refractivity contribution is 7.10. The van der Waals surface area contributed by atoms with Crippen molar-refractivity contribution in [2.75, 3.05) is 7.11 Å². The lowest BCUT2D eigenvalue weighted by atomic mass is 10.0. The second kappa shape index (κ2) is 6.03. The molecule has 0 aliphatic rings. The van der Waals surface area contributed by atoms with Crippen molar-refractivity contribution in [2.24, 2.45) is 5.73 Å². The van der Waals surface area contributed by atoms with Crippen LogP contribution in [0, 0.1) is 0 Å². The zero-order valence-corrected chi connectivity index (χ0v) is 11.7. The quantitative estimate of drug-likeness (QED) is 0.893. The molecule has 2 aromatic rings. The summed E-state index contributed by atoms with van der Waals surface area (Å²) in [6.45, 7) is 2.17. The van der Waals surface area contributed by atoms with Gasteiger partial charge in [-0.1, -0.05) is 19.1 Å². The molecule has 96 valence electrons.